The van der Waals surface area contributed by atoms with Crippen LogP contribution in [-0.2, 0) is 15.8 Å². The first-order valence-electron chi connectivity index (χ1n) is 9.99. The van der Waals surface area contributed by atoms with E-state index in [-0.39, 0.29) is 22.8 Å². The molecular formula is C23H20F4N2O5. The van der Waals surface area contributed by atoms with E-state index in [2.05, 4.69) is 15.4 Å². The van der Waals surface area contributed by atoms with Crippen LogP contribution in [0.3, 0.4) is 0 Å². The van der Waals surface area contributed by atoms with Gasteiger partial charge in [-0.1, -0.05) is 12.1 Å². The third-order valence-corrected chi connectivity index (χ3v) is 4.37. The summed E-state index contributed by atoms with van der Waals surface area (Å²) in [5, 5.41) is 3.92. The molecule has 0 saturated heterocycles. The fourth-order valence-electron chi connectivity index (χ4n) is 2.72. The number of alkyl halides is 3. The van der Waals surface area contributed by atoms with Crippen molar-refractivity contribution in [2.24, 2.45) is 0 Å². The highest BCUT2D eigenvalue weighted by Gasteiger charge is 2.32. The summed E-state index contributed by atoms with van der Waals surface area (Å²) in [6, 6.07) is 9.55. The van der Waals surface area contributed by atoms with Gasteiger partial charge < -0.3 is 14.0 Å². The normalized spacial score (nSPS) is 11.9. The lowest BCUT2D eigenvalue weighted by Crippen LogP contribution is -2.14. The van der Waals surface area contributed by atoms with Crippen LogP contribution in [0, 0.1) is 5.82 Å². The molecule has 0 saturated carbocycles. The maximum Gasteiger partial charge on any atom is 0.416 e. The van der Waals surface area contributed by atoms with Crippen molar-refractivity contribution in [3.8, 4) is 17.0 Å². The van der Waals surface area contributed by atoms with E-state index in [1.807, 2.05) is 6.92 Å². The fraction of sp³-hybridized carbons (Fsp3) is 0.217. The summed E-state index contributed by atoms with van der Waals surface area (Å²) >= 11 is 0. The van der Waals surface area contributed by atoms with E-state index in [4.69, 9.17) is 14.1 Å². The summed E-state index contributed by atoms with van der Waals surface area (Å²) in [5.74, 6) is -1.51. The van der Waals surface area contributed by atoms with Gasteiger partial charge in [0, 0.05) is 11.6 Å². The van der Waals surface area contributed by atoms with Gasteiger partial charge in [0.2, 0.25) is 0 Å². The lowest BCUT2D eigenvalue weighted by molar-refractivity contribution is -0.137. The smallest absolute Gasteiger partial charge is 0.416 e. The second-order valence-corrected chi connectivity index (χ2v) is 6.92. The second kappa shape index (κ2) is 10.8. The number of hydroxylamine groups is 1. The number of halogens is 4. The predicted octanol–water partition coefficient (Wildman–Crippen LogP) is 5.59. The maximum absolute atomic E-state index is 13.3. The van der Waals surface area contributed by atoms with Crippen molar-refractivity contribution in [1.82, 2.24) is 10.6 Å². The molecule has 1 N–H and O–H groups in total. The first-order chi connectivity index (χ1) is 16.2. The number of carbonyl (C=O) groups is 1. The summed E-state index contributed by atoms with van der Waals surface area (Å²) < 4.78 is 68.2. The van der Waals surface area contributed by atoms with E-state index in [0.29, 0.717) is 30.4 Å². The number of esters is 1. The van der Waals surface area contributed by atoms with Crippen LogP contribution in [0.2, 0.25) is 0 Å². The monoisotopic (exact) mass is 480 g/mol. The minimum atomic E-state index is -4.72. The molecule has 1 heterocycles. The summed E-state index contributed by atoms with van der Waals surface area (Å²) in [6.45, 7) is 2.19. The Kier molecular flexibility index (Phi) is 7.90. The Hall–Kier alpha value is -3.86. The third kappa shape index (κ3) is 6.35. The summed E-state index contributed by atoms with van der Waals surface area (Å²) in [4.78, 5) is 17.1. The summed E-state index contributed by atoms with van der Waals surface area (Å²) in [5.41, 5.74) is 2.24. The Labute approximate surface area is 191 Å². The van der Waals surface area contributed by atoms with E-state index >= 15 is 0 Å². The molecule has 0 aliphatic carbocycles. The minimum Gasteiger partial charge on any atom is -0.465 e. The number of aromatic nitrogens is 1. The second-order valence-electron chi connectivity index (χ2n) is 6.92. The number of hydrogen-bond acceptors (Lipinski definition) is 7. The highest BCUT2D eigenvalue weighted by molar-refractivity contribution is 5.90. The molecule has 7 nitrogen and oxygen atoms in total. The van der Waals surface area contributed by atoms with Crippen molar-refractivity contribution in [2.45, 2.75) is 19.5 Å². The minimum absolute atomic E-state index is 0.103. The third-order valence-electron chi connectivity index (χ3n) is 4.37. The van der Waals surface area contributed by atoms with Gasteiger partial charge in [0.1, 0.15) is 29.2 Å². The van der Waals surface area contributed by atoms with Gasteiger partial charge in [0.05, 0.1) is 24.8 Å². The van der Waals surface area contributed by atoms with Gasteiger partial charge in [-0.3, -0.25) is 10.3 Å². The maximum atomic E-state index is 13.3. The van der Waals surface area contributed by atoms with E-state index in [9.17, 15) is 22.4 Å². The zero-order valence-corrected chi connectivity index (χ0v) is 18.1. The number of methoxy groups -OCH3 is 1. The number of carbonyl (C=O) groups excluding carboxylic acids is 1. The molecule has 0 aliphatic heterocycles. The van der Waals surface area contributed by atoms with Gasteiger partial charge in [0.25, 0.3) is 0 Å². The van der Waals surface area contributed by atoms with Gasteiger partial charge in [-0.2, -0.15) is 13.2 Å². The van der Waals surface area contributed by atoms with E-state index < -0.39 is 23.5 Å². The lowest BCUT2D eigenvalue weighted by atomic mass is 10.1. The Balaban J connectivity index is 1.92. The van der Waals surface area contributed by atoms with Crippen molar-refractivity contribution >= 4 is 11.7 Å². The zero-order chi connectivity index (χ0) is 24.7. The van der Waals surface area contributed by atoms with E-state index in [1.165, 1.54) is 30.3 Å². The molecule has 0 fully saturated rings. The molecule has 0 radical (unpaired) electrons. The Morgan fingerprint density at radius 3 is 2.53 bits per heavy atom. The van der Waals surface area contributed by atoms with Crippen molar-refractivity contribution in [3.05, 3.63) is 77.5 Å². The van der Waals surface area contributed by atoms with Crippen LogP contribution in [-0.4, -0.2) is 24.8 Å². The standard InChI is InChI=1S/C23H20F4N2O5/c1-3-8-33-28-20(21-12-19(29-34-21)14-4-6-17(24)7-5-14)13-32-18-10-15(22(30)31-2)9-16(11-18)23(25,26)27/h4-7,9-13,28H,3,8H2,1-2H3. The average Bonchev–Trinajstić information content (AvgIpc) is 3.30. The van der Waals surface area contributed by atoms with Crippen molar-refractivity contribution in [3.63, 3.8) is 0 Å². The SMILES string of the molecule is CCCONC(=COc1cc(C(=O)OC)cc(C(F)(F)F)c1)c1cc(-c2ccc(F)cc2)no1. The first kappa shape index (κ1) is 24.8. The molecule has 0 unspecified atom stereocenters. The number of nitrogens with zero attached hydrogens (tertiary/aromatic N) is 1. The molecule has 180 valence electrons. The van der Waals surface area contributed by atoms with Gasteiger partial charge in [-0.15, -0.1) is 0 Å². The molecule has 0 amide bonds. The molecular weight excluding hydrogens is 460 g/mol. The Morgan fingerprint density at radius 1 is 1.15 bits per heavy atom. The van der Waals surface area contributed by atoms with Crippen molar-refractivity contribution in [1.29, 1.82) is 0 Å². The Morgan fingerprint density at radius 2 is 1.88 bits per heavy atom. The van der Waals surface area contributed by atoms with Crippen LogP contribution in [0.5, 0.6) is 5.75 Å². The van der Waals surface area contributed by atoms with Gasteiger partial charge in [0.15, 0.2) is 5.76 Å². The number of ether oxygens (including phenoxy) is 2. The fourth-order valence-corrected chi connectivity index (χ4v) is 2.72. The van der Waals surface area contributed by atoms with Crippen LogP contribution >= 0.6 is 0 Å². The molecule has 3 aromatic rings. The highest BCUT2D eigenvalue weighted by Crippen LogP contribution is 2.33. The zero-order valence-electron chi connectivity index (χ0n) is 18.1. The average molecular weight is 480 g/mol. The van der Waals surface area contributed by atoms with Gasteiger partial charge >= 0.3 is 12.1 Å². The van der Waals surface area contributed by atoms with Gasteiger partial charge in [-0.25, -0.2) is 9.18 Å². The summed E-state index contributed by atoms with van der Waals surface area (Å²) in [6.07, 6.45) is -2.98. The van der Waals surface area contributed by atoms with E-state index in [1.54, 1.807) is 0 Å². The van der Waals surface area contributed by atoms with Crippen molar-refractivity contribution < 1.29 is 41.2 Å². The topological polar surface area (TPSA) is 82.8 Å². The molecule has 1 aromatic heterocycles. The van der Waals surface area contributed by atoms with Crippen LogP contribution in [0.15, 0.2) is 59.3 Å². The highest BCUT2D eigenvalue weighted by atomic mass is 19.4. The molecule has 11 heteroatoms. The van der Waals surface area contributed by atoms with Crippen LogP contribution in [0.1, 0.15) is 35.0 Å². The molecule has 0 bridgehead atoms. The largest absolute Gasteiger partial charge is 0.465 e. The number of rotatable bonds is 9. The van der Waals surface area contributed by atoms with Crippen LogP contribution < -0.4 is 10.2 Å². The number of benzene rings is 2. The predicted molar refractivity (Wildman–Crippen MR) is 113 cm³/mol. The van der Waals surface area contributed by atoms with Crippen molar-refractivity contribution in [2.75, 3.05) is 13.7 Å². The molecule has 34 heavy (non-hydrogen) atoms. The number of nitrogens with one attached hydrogen (secondary N) is 1. The molecule has 0 spiro atoms. The quantitative estimate of drug-likeness (QED) is 0.140. The van der Waals surface area contributed by atoms with Gasteiger partial charge in [-0.05, 0) is 48.9 Å². The Bertz CT molecular complexity index is 1160. The lowest BCUT2D eigenvalue weighted by Gasteiger charge is -2.12. The van der Waals surface area contributed by atoms with E-state index in [0.717, 1.165) is 25.5 Å². The molecule has 3 rings (SSSR count). The molecule has 0 atom stereocenters. The van der Waals surface area contributed by atoms with Crippen LogP contribution in [0.4, 0.5) is 17.6 Å². The molecule has 0 aliphatic rings. The van der Waals surface area contributed by atoms with Crippen LogP contribution in [0.25, 0.3) is 17.0 Å². The summed E-state index contributed by atoms with van der Waals surface area (Å²) in [7, 11) is 1.05. The first-order valence-corrected chi connectivity index (χ1v) is 9.99. The number of hydrogen-bond donors (Lipinski definition) is 1. The molecule has 2 aromatic carbocycles.